The number of aromatic nitrogens is 1. The lowest BCUT2D eigenvalue weighted by molar-refractivity contribution is -0.387. The Balaban J connectivity index is 1.81. The number of H-pyrrole nitrogens is 1. The van der Waals surface area contributed by atoms with Crippen LogP contribution in [0.5, 0.6) is 0 Å². The van der Waals surface area contributed by atoms with E-state index in [4.69, 9.17) is 0 Å². The Morgan fingerprint density at radius 3 is 2.53 bits per heavy atom. The highest BCUT2D eigenvalue weighted by Gasteiger charge is 2.37. The fourth-order valence-corrected chi connectivity index (χ4v) is 6.18. The average Bonchev–Trinajstić information content (AvgIpc) is 3.31. The minimum absolute atomic E-state index is 0.138. The third-order valence-corrected chi connectivity index (χ3v) is 8.05. The summed E-state index contributed by atoms with van der Waals surface area (Å²) in [5.41, 5.74) is 1.29. The fourth-order valence-electron chi connectivity index (χ4n) is 4.36. The Bertz CT molecular complexity index is 1330. The van der Waals surface area contributed by atoms with Gasteiger partial charge >= 0.3 is 0 Å². The van der Waals surface area contributed by atoms with Crippen LogP contribution in [0.15, 0.2) is 58.2 Å². The molecule has 0 aliphatic heterocycles. The SMILES string of the molecule is CCc1ccc2[nH]c(=O)c(CN(C3CCCC3)S(=O)(=O)c3ccccc3[N+](=O)[O-])cc2c1. The van der Waals surface area contributed by atoms with Crippen LogP contribution in [-0.2, 0) is 23.0 Å². The lowest BCUT2D eigenvalue weighted by Crippen LogP contribution is -2.39. The summed E-state index contributed by atoms with van der Waals surface area (Å²) in [6.45, 7) is 1.90. The molecular weight excluding hydrogens is 430 g/mol. The van der Waals surface area contributed by atoms with E-state index in [2.05, 4.69) is 4.98 Å². The van der Waals surface area contributed by atoms with Crippen LogP contribution in [0.25, 0.3) is 10.9 Å². The molecule has 9 heteroatoms. The number of nitrogens with one attached hydrogen (secondary N) is 1. The largest absolute Gasteiger partial charge is 0.322 e. The van der Waals surface area contributed by atoms with Gasteiger partial charge in [0.2, 0.25) is 10.0 Å². The van der Waals surface area contributed by atoms with Crippen molar-refractivity contribution in [2.75, 3.05) is 0 Å². The van der Waals surface area contributed by atoms with Crippen LogP contribution in [0, 0.1) is 10.1 Å². The number of nitrogens with zero attached hydrogens (tertiary/aromatic N) is 2. The zero-order valence-electron chi connectivity index (χ0n) is 17.8. The second kappa shape index (κ2) is 8.84. The molecule has 1 fully saturated rings. The Kier molecular flexibility index (Phi) is 6.12. The predicted molar refractivity (Wildman–Crippen MR) is 122 cm³/mol. The van der Waals surface area contributed by atoms with E-state index in [1.54, 1.807) is 6.07 Å². The molecule has 2 aromatic carbocycles. The van der Waals surface area contributed by atoms with E-state index in [9.17, 15) is 23.3 Å². The van der Waals surface area contributed by atoms with Gasteiger partial charge in [0, 0.05) is 29.7 Å². The highest BCUT2D eigenvalue weighted by molar-refractivity contribution is 7.89. The number of pyridine rings is 1. The van der Waals surface area contributed by atoms with Crippen LogP contribution in [-0.4, -0.2) is 28.7 Å². The van der Waals surface area contributed by atoms with Crippen molar-refractivity contribution in [1.82, 2.24) is 9.29 Å². The summed E-state index contributed by atoms with van der Waals surface area (Å²) in [5.74, 6) is 0. The van der Waals surface area contributed by atoms with E-state index in [1.807, 2.05) is 25.1 Å². The molecule has 0 spiro atoms. The van der Waals surface area contributed by atoms with Crippen molar-refractivity contribution in [2.45, 2.75) is 56.5 Å². The number of para-hydroxylation sites is 1. The molecule has 4 rings (SSSR count). The second-order valence-electron chi connectivity index (χ2n) is 8.11. The van der Waals surface area contributed by atoms with Crippen LogP contribution in [0.4, 0.5) is 5.69 Å². The number of nitro benzene ring substituents is 1. The fraction of sp³-hybridized carbons (Fsp3) is 0.348. The van der Waals surface area contributed by atoms with Gasteiger partial charge in [0.25, 0.3) is 11.2 Å². The Morgan fingerprint density at radius 1 is 1.12 bits per heavy atom. The Morgan fingerprint density at radius 2 is 1.84 bits per heavy atom. The molecule has 0 atom stereocenters. The van der Waals surface area contributed by atoms with E-state index < -0.39 is 20.6 Å². The molecule has 3 aromatic rings. The number of hydrogen-bond donors (Lipinski definition) is 1. The van der Waals surface area contributed by atoms with Crippen molar-refractivity contribution < 1.29 is 13.3 Å². The van der Waals surface area contributed by atoms with Crippen LogP contribution < -0.4 is 5.56 Å². The summed E-state index contributed by atoms with van der Waals surface area (Å²) in [4.78, 5) is 26.1. The number of benzene rings is 2. The van der Waals surface area contributed by atoms with Crippen LogP contribution in [0.3, 0.4) is 0 Å². The van der Waals surface area contributed by atoms with Crippen molar-refractivity contribution >= 4 is 26.6 Å². The summed E-state index contributed by atoms with van der Waals surface area (Å²) in [5, 5.41) is 12.3. The van der Waals surface area contributed by atoms with Gasteiger partial charge in [-0.15, -0.1) is 0 Å². The summed E-state index contributed by atoms with van der Waals surface area (Å²) in [7, 11) is -4.20. The standard InChI is InChI=1S/C23H25N3O5S/c1-2-16-11-12-20-17(13-16)14-18(23(27)24-20)15-25(19-7-3-4-8-19)32(30,31)22-10-6-5-9-21(22)26(28)29/h5-6,9-14,19H,2-4,7-8,15H2,1H3,(H,24,27). The number of hydrogen-bond acceptors (Lipinski definition) is 5. The van der Waals surface area contributed by atoms with Gasteiger partial charge in [0.1, 0.15) is 0 Å². The molecule has 0 bridgehead atoms. The monoisotopic (exact) mass is 455 g/mol. The predicted octanol–water partition coefficient (Wildman–Crippen LogP) is 4.13. The zero-order chi connectivity index (χ0) is 22.9. The third kappa shape index (κ3) is 4.18. The van der Waals surface area contributed by atoms with E-state index in [0.29, 0.717) is 23.9 Å². The first kappa shape index (κ1) is 22.2. The lowest BCUT2D eigenvalue weighted by Gasteiger charge is -2.28. The van der Waals surface area contributed by atoms with Crippen LogP contribution in [0.1, 0.15) is 43.7 Å². The third-order valence-electron chi connectivity index (χ3n) is 6.10. The summed E-state index contributed by atoms with van der Waals surface area (Å²) in [6.07, 6.45) is 3.91. The number of fused-ring (bicyclic) bond motifs is 1. The maximum Gasteiger partial charge on any atom is 0.289 e. The molecule has 1 heterocycles. The molecule has 168 valence electrons. The molecule has 1 aliphatic rings. The maximum atomic E-state index is 13.6. The average molecular weight is 456 g/mol. The second-order valence-corrected chi connectivity index (χ2v) is 9.97. The number of nitro groups is 1. The van der Waals surface area contributed by atoms with E-state index in [1.165, 1.54) is 28.6 Å². The van der Waals surface area contributed by atoms with Crippen LogP contribution >= 0.6 is 0 Å². The van der Waals surface area contributed by atoms with E-state index in [-0.39, 0.29) is 23.0 Å². The minimum atomic E-state index is -4.20. The van der Waals surface area contributed by atoms with Crippen molar-refractivity contribution in [3.8, 4) is 0 Å². The number of rotatable bonds is 7. The molecule has 0 radical (unpaired) electrons. The van der Waals surface area contributed by atoms with E-state index >= 15 is 0 Å². The smallest absolute Gasteiger partial charge is 0.289 e. The van der Waals surface area contributed by atoms with Gasteiger partial charge in [-0.1, -0.05) is 38.0 Å². The molecule has 0 saturated heterocycles. The highest BCUT2D eigenvalue weighted by Crippen LogP contribution is 2.33. The molecule has 32 heavy (non-hydrogen) atoms. The van der Waals surface area contributed by atoms with Crippen molar-refractivity contribution in [2.24, 2.45) is 0 Å². The summed E-state index contributed by atoms with van der Waals surface area (Å²) in [6, 6.07) is 12.5. The van der Waals surface area contributed by atoms with Crippen molar-refractivity contribution in [1.29, 1.82) is 0 Å². The number of aryl methyl sites for hydroxylation is 1. The first-order valence-corrected chi connectivity index (χ1v) is 12.2. The van der Waals surface area contributed by atoms with E-state index in [0.717, 1.165) is 30.2 Å². The first-order valence-electron chi connectivity index (χ1n) is 10.7. The Hall–Kier alpha value is -3.04. The summed E-state index contributed by atoms with van der Waals surface area (Å²) < 4.78 is 28.5. The zero-order valence-corrected chi connectivity index (χ0v) is 18.6. The normalized spacial score (nSPS) is 14.9. The molecule has 8 nitrogen and oxygen atoms in total. The van der Waals surface area contributed by atoms with Gasteiger partial charge in [-0.25, -0.2) is 8.42 Å². The van der Waals surface area contributed by atoms with Gasteiger partial charge < -0.3 is 4.98 Å². The van der Waals surface area contributed by atoms with Gasteiger partial charge in [0.15, 0.2) is 4.90 Å². The molecule has 1 aromatic heterocycles. The first-order chi connectivity index (χ1) is 15.3. The number of sulfonamides is 1. The molecule has 0 amide bonds. The lowest BCUT2D eigenvalue weighted by atomic mass is 10.1. The van der Waals surface area contributed by atoms with Gasteiger partial charge in [-0.2, -0.15) is 4.31 Å². The maximum absolute atomic E-state index is 13.6. The van der Waals surface area contributed by atoms with Gasteiger partial charge in [-0.05, 0) is 54.5 Å². The molecule has 1 saturated carbocycles. The van der Waals surface area contributed by atoms with Gasteiger partial charge in [-0.3, -0.25) is 14.9 Å². The minimum Gasteiger partial charge on any atom is -0.322 e. The molecule has 1 aliphatic carbocycles. The topological polar surface area (TPSA) is 113 Å². The summed E-state index contributed by atoms with van der Waals surface area (Å²) >= 11 is 0. The molecule has 1 N–H and O–H groups in total. The Labute approximate surface area is 186 Å². The number of aromatic amines is 1. The molecule has 0 unspecified atom stereocenters. The quantitative estimate of drug-likeness (QED) is 0.425. The molecular formula is C23H25N3O5S. The highest BCUT2D eigenvalue weighted by atomic mass is 32.2. The van der Waals surface area contributed by atoms with Gasteiger partial charge in [0.05, 0.1) is 4.92 Å². The van der Waals surface area contributed by atoms with Crippen molar-refractivity contribution in [3.05, 3.63) is 80.1 Å². The van der Waals surface area contributed by atoms with Crippen molar-refractivity contribution in [3.63, 3.8) is 0 Å². The van der Waals surface area contributed by atoms with Crippen LogP contribution in [0.2, 0.25) is 0 Å².